The Morgan fingerprint density at radius 2 is 2.46 bits per heavy atom. The summed E-state index contributed by atoms with van der Waals surface area (Å²) in [5.41, 5.74) is 0.918. The van der Waals surface area contributed by atoms with Gasteiger partial charge in [0.15, 0.2) is 5.78 Å². The molecule has 0 saturated carbocycles. The molecule has 0 spiro atoms. The number of carbonyl (C=O) groups excluding carboxylic acids is 1. The summed E-state index contributed by atoms with van der Waals surface area (Å²) in [7, 11) is 0. The minimum absolute atomic E-state index is 0.244. The highest BCUT2D eigenvalue weighted by Gasteiger charge is 2.24. The fourth-order valence-electron chi connectivity index (χ4n) is 1.54. The topological polar surface area (TPSA) is 17.1 Å². The van der Waals surface area contributed by atoms with Gasteiger partial charge in [0.2, 0.25) is 0 Å². The number of aryl methyl sites for hydroxylation is 1. The zero-order valence-electron chi connectivity index (χ0n) is 7.58. The van der Waals surface area contributed by atoms with E-state index in [4.69, 9.17) is 0 Å². The molecule has 2 rings (SSSR count). The van der Waals surface area contributed by atoms with Crippen LogP contribution in [-0.2, 0) is 0 Å². The molecule has 0 N–H and O–H groups in total. The summed E-state index contributed by atoms with van der Waals surface area (Å²) in [5.74, 6) is 1.49. The minimum atomic E-state index is 0.244. The van der Waals surface area contributed by atoms with E-state index in [-0.39, 0.29) is 5.25 Å². The quantitative estimate of drug-likeness (QED) is 0.701. The normalized spacial score (nSPS) is 22.1. The first-order valence-corrected chi connectivity index (χ1v) is 6.41. The van der Waals surface area contributed by atoms with Crippen molar-refractivity contribution in [2.45, 2.75) is 25.0 Å². The number of thiophene rings is 1. The van der Waals surface area contributed by atoms with E-state index >= 15 is 0 Å². The summed E-state index contributed by atoms with van der Waals surface area (Å²) < 4.78 is 0. The van der Waals surface area contributed by atoms with Crippen LogP contribution in [0.25, 0.3) is 0 Å². The molecule has 1 aliphatic rings. The van der Waals surface area contributed by atoms with E-state index < -0.39 is 0 Å². The third-order valence-corrected chi connectivity index (χ3v) is 4.48. The van der Waals surface area contributed by atoms with Gasteiger partial charge in [0.1, 0.15) is 0 Å². The molecule has 1 saturated heterocycles. The Bertz CT molecular complexity index is 310. The average molecular weight is 212 g/mol. The maximum atomic E-state index is 11.8. The van der Waals surface area contributed by atoms with Crippen molar-refractivity contribution in [1.82, 2.24) is 0 Å². The standard InChI is InChI=1S/C10H12OS2/c1-7-5-8(6-13-7)10(11)9-3-2-4-12-9/h5-6,9H,2-4H2,1H3. The molecular formula is C10H12OS2. The molecular weight excluding hydrogens is 200 g/mol. The van der Waals surface area contributed by atoms with Crippen LogP contribution in [0.2, 0.25) is 0 Å². The van der Waals surface area contributed by atoms with Crippen molar-refractivity contribution < 1.29 is 4.79 Å². The Kier molecular flexibility index (Phi) is 2.74. The van der Waals surface area contributed by atoms with E-state index in [9.17, 15) is 4.79 Å². The third kappa shape index (κ3) is 1.97. The summed E-state index contributed by atoms with van der Waals surface area (Å²) >= 11 is 3.47. The van der Waals surface area contributed by atoms with Gasteiger partial charge in [-0.1, -0.05) is 0 Å². The van der Waals surface area contributed by atoms with Gasteiger partial charge in [-0.25, -0.2) is 0 Å². The smallest absolute Gasteiger partial charge is 0.176 e. The Morgan fingerprint density at radius 1 is 1.62 bits per heavy atom. The number of hydrogen-bond acceptors (Lipinski definition) is 3. The number of hydrogen-bond donors (Lipinski definition) is 0. The highest BCUT2D eigenvalue weighted by atomic mass is 32.2. The van der Waals surface area contributed by atoms with Crippen molar-refractivity contribution >= 4 is 28.9 Å². The van der Waals surface area contributed by atoms with Crippen molar-refractivity contribution in [3.63, 3.8) is 0 Å². The van der Waals surface area contributed by atoms with E-state index in [1.165, 1.54) is 11.3 Å². The second-order valence-corrected chi connectivity index (χ2v) is 5.74. The molecule has 2 heterocycles. The molecule has 0 aliphatic carbocycles. The number of Topliss-reactive ketones (excluding diaryl/α,β-unsaturated/α-hetero) is 1. The van der Waals surface area contributed by atoms with Gasteiger partial charge in [0, 0.05) is 15.8 Å². The zero-order valence-corrected chi connectivity index (χ0v) is 9.21. The van der Waals surface area contributed by atoms with Crippen LogP contribution in [0, 0.1) is 6.92 Å². The molecule has 3 heteroatoms. The minimum Gasteiger partial charge on any atom is -0.293 e. The second-order valence-electron chi connectivity index (χ2n) is 3.31. The highest BCUT2D eigenvalue weighted by molar-refractivity contribution is 8.00. The van der Waals surface area contributed by atoms with Crippen LogP contribution in [0.4, 0.5) is 0 Å². The Balaban J connectivity index is 2.12. The first-order valence-electron chi connectivity index (χ1n) is 4.48. The van der Waals surface area contributed by atoms with Crippen LogP contribution in [0.1, 0.15) is 28.1 Å². The van der Waals surface area contributed by atoms with Crippen LogP contribution in [0.5, 0.6) is 0 Å². The molecule has 1 nitrogen and oxygen atoms in total. The third-order valence-electron chi connectivity index (χ3n) is 2.24. The monoisotopic (exact) mass is 212 g/mol. The van der Waals surface area contributed by atoms with E-state index in [0.717, 1.165) is 17.7 Å². The first kappa shape index (κ1) is 9.28. The summed E-state index contributed by atoms with van der Waals surface area (Å²) in [6, 6.07) is 2.01. The van der Waals surface area contributed by atoms with Gasteiger partial charge in [-0.05, 0) is 31.6 Å². The number of rotatable bonds is 2. The molecule has 1 aromatic heterocycles. The van der Waals surface area contributed by atoms with Gasteiger partial charge in [0.25, 0.3) is 0 Å². The van der Waals surface area contributed by atoms with Crippen molar-refractivity contribution in [2.75, 3.05) is 5.75 Å². The maximum absolute atomic E-state index is 11.8. The Morgan fingerprint density at radius 3 is 3.00 bits per heavy atom. The van der Waals surface area contributed by atoms with Crippen molar-refractivity contribution in [3.8, 4) is 0 Å². The van der Waals surface area contributed by atoms with Crippen LogP contribution in [-0.4, -0.2) is 16.8 Å². The lowest BCUT2D eigenvalue weighted by atomic mass is 10.1. The number of thioether (sulfide) groups is 1. The lowest BCUT2D eigenvalue weighted by Crippen LogP contribution is -2.12. The molecule has 70 valence electrons. The highest BCUT2D eigenvalue weighted by Crippen LogP contribution is 2.30. The van der Waals surface area contributed by atoms with Crippen molar-refractivity contribution in [1.29, 1.82) is 0 Å². The fraction of sp³-hybridized carbons (Fsp3) is 0.500. The zero-order chi connectivity index (χ0) is 9.26. The molecule has 0 bridgehead atoms. The predicted octanol–water partition coefficient (Wildman–Crippen LogP) is 3.13. The van der Waals surface area contributed by atoms with Gasteiger partial charge in [-0.15, -0.1) is 11.3 Å². The van der Waals surface area contributed by atoms with Gasteiger partial charge >= 0.3 is 0 Å². The largest absolute Gasteiger partial charge is 0.293 e. The molecule has 1 aromatic rings. The molecule has 1 fully saturated rings. The van der Waals surface area contributed by atoms with E-state index in [1.54, 1.807) is 11.3 Å². The van der Waals surface area contributed by atoms with Crippen LogP contribution in [0.3, 0.4) is 0 Å². The molecule has 0 aromatic carbocycles. The molecule has 0 radical (unpaired) electrons. The lowest BCUT2D eigenvalue weighted by molar-refractivity contribution is 0.0989. The number of carbonyl (C=O) groups is 1. The Hall–Kier alpha value is -0.280. The lowest BCUT2D eigenvalue weighted by Gasteiger charge is -2.04. The second kappa shape index (κ2) is 3.84. The predicted molar refractivity (Wildman–Crippen MR) is 58.9 cm³/mol. The summed E-state index contributed by atoms with van der Waals surface area (Å²) in [5, 5.41) is 2.23. The summed E-state index contributed by atoms with van der Waals surface area (Å²) in [4.78, 5) is 13.1. The van der Waals surface area contributed by atoms with Crippen molar-refractivity contribution in [2.24, 2.45) is 0 Å². The van der Waals surface area contributed by atoms with Crippen LogP contribution >= 0.6 is 23.1 Å². The van der Waals surface area contributed by atoms with Gasteiger partial charge in [-0.2, -0.15) is 11.8 Å². The molecule has 13 heavy (non-hydrogen) atoms. The molecule has 1 atom stereocenters. The first-order chi connectivity index (χ1) is 6.27. The van der Waals surface area contributed by atoms with E-state index in [2.05, 4.69) is 0 Å². The van der Waals surface area contributed by atoms with Gasteiger partial charge in [-0.3, -0.25) is 4.79 Å². The van der Waals surface area contributed by atoms with Gasteiger partial charge in [0.05, 0.1) is 5.25 Å². The van der Waals surface area contributed by atoms with Gasteiger partial charge < -0.3 is 0 Å². The molecule has 0 amide bonds. The fourth-order valence-corrected chi connectivity index (χ4v) is 3.47. The molecule has 1 aliphatic heterocycles. The van der Waals surface area contributed by atoms with E-state index in [1.807, 2.05) is 30.1 Å². The summed E-state index contributed by atoms with van der Waals surface area (Å²) in [6.07, 6.45) is 2.27. The summed E-state index contributed by atoms with van der Waals surface area (Å²) in [6.45, 7) is 2.04. The van der Waals surface area contributed by atoms with E-state index in [0.29, 0.717) is 5.78 Å². The van der Waals surface area contributed by atoms with Crippen molar-refractivity contribution in [3.05, 3.63) is 21.9 Å². The van der Waals surface area contributed by atoms with Crippen LogP contribution < -0.4 is 0 Å². The van der Waals surface area contributed by atoms with Crippen LogP contribution in [0.15, 0.2) is 11.4 Å². The average Bonchev–Trinajstić information content (AvgIpc) is 2.72. The number of ketones is 1. The maximum Gasteiger partial charge on any atom is 0.176 e. The SMILES string of the molecule is Cc1cc(C(=O)C2CCCS2)cs1. The molecule has 1 unspecified atom stereocenters. The Labute approximate surface area is 86.5 Å².